The smallest absolute Gasteiger partial charge is 0.137 e. The normalized spacial score (nSPS) is 10.8. The lowest BCUT2D eigenvalue weighted by Crippen LogP contribution is -2.10. The molecule has 0 saturated heterocycles. The van der Waals surface area contributed by atoms with Crippen LogP contribution in [0.25, 0.3) is 12.2 Å². The summed E-state index contributed by atoms with van der Waals surface area (Å²) in [6, 6.07) is 14.2. The van der Waals surface area contributed by atoms with Crippen LogP contribution in [0, 0.1) is 0 Å². The standard InChI is InChI=1S/C21H25NO2/c1-16(2)9-12-19-20(23-3)13-18(14-21(19)24-15-22)11-10-17-7-5-4-6-8-17/h4-8,10-11,13-14H,1,9,12,15,22H2,2-3H3. The van der Waals surface area contributed by atoms with Gasteiger partial charge in [-0.3, -0.25) is 5.73 Å². The van der Waals surface area contributed by atoms with Crippen molar-refractivity contribution in [2.75, 3.05) is 13.8 Å². The van der Waals surface area contributed by atoms with Crippen LogP contribution in [0.3, 0.4) is 0 Å². The maximum Gasteiger partial charge on any atom is 0.137 e. The molecule has 0 atom stereocenters. The van der Waals surface area contributed by atoms with Crippen molar-refractivity contribution >= 4 is 12.2 Å². The fourth-order valence-electron chi connectivity index (χ4n) is 2.48. The van der Waals surface area contributed by atoms with E-state index in [-0.39, 0.29) is 6.73 Å². The van der Waals surface area contributed by atoms with Crippen LogP contribution < -0.4 is 15.2 Å². The highest BCUT2D eigenvalue weighted by Gasteiger charge is 2.12. The quantitative estimate of drug-likeness (QED) is 0.436. The first-order valence-electron chi connectivity index (χ1n) is 8.05. The maximum absolute atomic E-state index is 5.64. The Hall–Kier alpha value is -2.52. The summed E-state index contributed by atoms with van der Waals surface area (Å²) in [7, 11) is 1.68. The van der Waals surface area contributed by atoms with Crippen LogP contribution in [0.2, 0.25) is 0 Å². The molecule has 126 valence electrons. The number of nitrogens with two attached hydrogens (primary N) is 1. The molecule has 0 aliphatic carbocycles. The van der Waals surface area contributed by atoms with Crippen LogP contribution in [0.15, 0.2) is 54.6 Å². The molecule has 0 aliphatic rings. The van der Waals surface area contributed by atoms with E-state index in [1.807, 2.05) is 43.3 Å². The van der Waals surface area contributed by atoms with Crippen molar-refractivity contribution < 1.29 is 9.47 Å². The molecule has 0 aromatic heterocycles. The Morgan fingerprint density at radius 1 is 1.08 bits per heavy atom. The first kappa shape index (κ1) is 17.8. The Bertz CT molecular complexity index is 705. The zero-order chi connectivity index (χ0) is 17.4. The second-order valence-electron chi connectivity index (χ2n) is 5.71. The highest BCUT2D eigenvalue weighted by molar-refractivity contribution is 5.71. The van der Waals surface area contributed by atoms with E-state index in [1.165, 1.54) is 0 Å². The number of allylic oxidation sites excluding steroid dienone is 1. The van der Waals surface area contributed by atoms with Gasteiger partial charge in [-0.15, -0.1) is 6.58 Å². The lowest BCUT2D eigenvalue weighted by molar-refractivity contribution is 0.321. The highest BCUT2D eigenvalue weighted by atomic mass is 16.5. The summed E-state index contributed by atoms with van der Waals surface area (Å²) in [6.07, 6.45) is 5.81. The monoisotopic (exact) mass is 323 g/mol. The third-order valence-electron chi connectivity index (χ3n) is 3.72. The maximum atomic E-state index is 5.64. The van der Waals surface area contributed by atoms with Crippen molar-refractivity contribution in [2.24, 2.45) is 5.73 Å². The molecule has 0 bridgehead atoms. The minimum Gasteiger partial charge on any atom is -0.496 e. The molecule has 2 N–H and O–H groups in total. The molecular formula is C21H25NO2. The average Bonchev–Trinajstić information content (AvgIpc) is 2.59. The molecule has 0 unspecified atom stereocenters. The van der Waals surface area contributed by atoms with E-state index in [0.29, 0.717) is 0 Å². The topological polar surface area (TPSA) is 44.5 Å². The van der Waals surface area contributed by atoms with Gasteiger partial charge in [-0.1, -0.05) is 48.1 Å². The minimum absolute atomic E-state index is 0.134. The molecule has 24 heavy (non-hydrogen) atoms. The van der Waals surface area contributed by atoms with E-state index >= 15 is 0 Å². The van der Waals surface area contributed by atoms with Gasteiger partial charge in [0, 0.05) is 5.56 Å². The molecule has 0 fully saturated rings. The molecule has 0 spiro atoms. The summed E-state index contributed by atoms with van der Waals surface area (Å²) >= 11 is 0. The zero-order valence-electron chi connectivity index (χ0n) is 14.4. The van der Waals surface area contributed by atoms with Gasteiger partial charge >= 0.3 is 0 Å². The molecule has 0 heterocycles. The number of methoxy groups -OCH3 is 1. The van der Waals surface area contributed by atoms with E-state index in [1.54, 1.807) is 7.11 Å². The van der Waals surface area contributed by atoms with Gasteiger partial charge in [-0.25, -0.2) is 0 Å². The van der Waals surface area contributed by atoms with Gasteiger partial charge in [0.15, 0.2) is 0 Å². The zero-order valence-corrected chi connectivity index (χ0v) is 14.4. The van der Waals surface area contributed by atoms with Crippen LogP contribution in [0.5, 0.6) is 11.5 Å². The van der Waals surface area contributed by atoms with Crippen molar-refractivity contribution in [1.29, 1.82) is 0 Å². The molecule has 2 rings (SSSR count). The van der Waals surface area contributed by atoms with Gasteiger partial charge < -0.3 is 9.47 Å². The molecule has 3 heteroatoms. The fraction of sp³-hybridized carbons (Fsp3) is 0.238. The van der Waals surface area contributed by atoms with E-state index in [4.69, 9.17) is 15.2 Å². The Balaban J connectivity index is 2.34. The molecule has 2 aromatic carbocycles. The predicted octanol–water partition coefficient (Wildman–Crippen LogP) is 4.67. The second kappa shape index (κ2) is 8.94. The third kappa shape index (κ3) is 5.00. The fourth-order valence-corrected chi connectivity index (χ4v) is 2.48. The van der Waals surface area contributed by atoms with Crippen LogP contribution in [0.4, 0.5) is 0 Å². The van der Waals surface area contributed by atoms with Crippen molar-refractivity contribution in [3.8, 4) is 11.5 Å². The third-order valence-corrected chi connectivity index (χ3v) is 3.72. The van der Waals surface area contributed by atoms with Crippen LogP contribution in [0.1, 0.15) is 30.0 Å². The summed E-state index contributed by atoms with van der Waals surface area (Å²) in [5.74, 6) is 1.58. The van der Waals surface area contributed by atoms with Gasteiger partial charge in [-0.2, -0.15) is 0 Å². The Labute approximate surface area is 144 Å². The Kier molecular flexibility index (Phi) is 6.64. The SMILES string of the molecule is C=C(C)CCc1c(OC)cc(C=Cc2ccccc2)cc1OCN. The van der Waals surface area contributed by atoms with Crippen LogP contribution >= 0.6 is 0 Å². The molecule has 3 nitrogen and oxygen atoms in total. The van der Waals surface area contributed by atoms with Crippen molar-refractivity contribution in [3.05, 3.63) is 71.3 Å². The summed E-state index contributed by atoms with van der Waals surface area (Å²) < 4.78 is 11.2. The number of hydrogen-bond acceptors (Lipinski definition) is 3. The highest BCUT2D eigenvalue weighted by Crippen LogP contribution is 2.33. The largest absolute Gasteiger partial charge is 0.496 e. The first-order chi connectivity index (χ1) is 11.6. The van der Waals surface area contributed by atoms with Gasteiger partial charge in [0.25, 0.3) is 0 Å². The lowest BCUT2D eigenvalue weighted by Gasteiger charge is -2.15. The molecule has 2 aromatic rings. The van der Waals surface area contributed by atoms with Crippen molar-refractivity contribution in [2.45, 2.75) is 19.8 Å². The van der Waals surface area contributed by atoms with Crippen LogP contribution in [-0.2, 0) is 6.42 Å². The van der Waals surface area contributed by atoms with Crippen molar-refractivity contribution in [1.82, 2.24) is 0 Å². The number of hydrogen-bond donors (Lipinski definition) is 1. The first-order valence-corrected chi connectivity index (χ1v) is 8.05. The number of benzene rings is 2. The summed E-state index contributed by atoms with van der Waals surface area (Å²) in [6.45, 7) is 6.12. The summed E-state index contributed by atoms with van der Waals surface area (Å²) in [4.78, 5) is 0. The Morgan fingerprint density at radius 3 is 2.38 bits per heavy atom. The molecular weight excluding hydrogens is 298 g/mol. The minimum atomic E-state index is 0.134. The average molecular weight is 323 g/mol. The van der Waals surface area contributed by atoms with E-state index in [2.05, 4.69) is 24.8 Å². The van der Waals surface area contributed by atoms with Crippen molar-refractivity contribution in [3.63, 3.8) is 0 Å². The van der Waals surface area contributed by atoms with Gasteiger partial charge in [0.2, 0.25) is 0 Å². The molecule has 0 aliphatic heterocycles. The van der Waals surface area contributed by atoms with Gasteiger partial charge in [0.1, 0.15) is 18.2 Å². The van der Waals surface area contributed by atoms with E-state index in [0.717, 1.165) is 46.6 Å². The van der Waals surface area contributed by atoms with Crippen LogP contribution in [-0.4, -0.2) is 13.8 Å². The van der Waals surface area contributed by atoms with E-state index in [9.17, 15) is 0 Å². The second-order valence-corrected chi connectivity index (χ2v) is 5.71. The predicted molar refractivity (Wildman–Crippen MR) is 101 cm³/mol. The molecule has 0 amide bonds. The summed E-state index contributed by atoms with van der Waals surface area (Å²) in [5, 5.41) is 0. The number of rotatable bonds is 8. The molecule has 0 saturated carbocycles. The summed E-state index contributed by atoms with van der Waals surface area (Å²) in [5.41, 5.74) is 9.91. The van der Waals surface area contributed by atoms with Gasteiger partial charge in [-0.05, 0) is 43.0 Å². The van der Waals surface area contributed by atoms with E-state index < -0.39 is 0 Å². The lowest BCUT2D eigenvalue weighted by atomic mass is 10.0. The number of ether oxygens (including phenoxy) is 2. The van der Waals surface area contributed by atoms with Gasteiger partial charge in [0.05, 0.1) is 7.11 Å². The Morgan fingerprint density at radius 2 is 1.75 bits per heavy atom. The molecule has 0 radical (unpaired) electrons.